The molecule has 2 nitrogen and oxygen atoms in total. The van der Waals surface area contributed by atoms with Gasteiger partial charge < -0.3 is 4.74 Å². The van der Waals surface area contributed by atoms with E-state index in [-0.39, 0.29) is 0 Å². The van der Waals surface area contributed by atoms with Gasteiger partial charge in [-0.2, -0.15) is 0 Å². The molecule has 0 heterocycles. The molecule has 2 aromatic rings. The van der Waals surface area contributed by atoms with Crippen molar-refractivity contribution in [3.05, 3.63) is 70.3 Å². The van der Waals surface area contributed by atoms with Crippen molar-refractivity contribution in [3.8, 4) is 5.75 Å². The summed E-state index contributed by atoms with van der Waals surface area (Å²) in [5, 5.41) is 0.776. The topological polar surface area (TPSA) is 26.3 Å². The molecule has 0 aliphatic rings. The summed E-state index contributed by atoms with van der Waals surface area (Å²) in [6.45, 7) is 4.66. The number of carbonyl (C=O) groups excluding carboxylic acids is 1. The van der Waals surface area contributed by atoms with Crippen molar-refractivity contribution in [2.45, 2.75) is 32.8 Å². The zero-order chi connectivity index (χ0) is 15.9. The fourth-order valence-electron chi connectivity index (χ4n) is 2.24. The van der Waals surface area contributed by atoms with E-state index >= 15 is 0 Å². The molecule has 114 valence electrons. The van der Waals surface area contributed by atoms with E-state index in [2.05, 4.69) is 13.8 Å². The van der Waals surface area contributed by atoms with E-state index in [9.17, 15) is 4.79 Å². The zero-order valence-electron chi connectivity index (χ0n) is 12.8. The molecule has 0 fully saturated rings. The van der Waals surface area contributed by atoms with Gasteiger partial charge in [0.2, 0.25) is 0 Å². The Bertz CT molecular complexity index is 686. The lowest BCUT2D eigenvalue weighted by atomic mass is 10.0. The van der Waals surface area contributed by atoms with E-state index in [1.165, 1.54) is 6.08 Å². The van der Waals surface area contributed by atoms with Crippen LogP contribution in [0.2, 0.25) is 5.02 Å². The Morgan fingerprint density at radius 2 is 2.00 bits per heavy atom. The molecule has 22 heavy (non-hydrogen) atoms. The highest BCUT2D eigenvalue weighted by molar-refractivity contribution is 6.32. The average Bonchev–Trinajstić information content (AvgIpc) is 2.52. The van der Waals surface area contributed by atoms with Crippen LogP contribution in [0.5, 0.6) is 5.75 Å². The van der Waals surface area contributed by atoms with Crippen LogP contribution in [-0.4, -0.2) is 5.94 Å². The summed E-state index contributed by atoms with van der Waals surface area (Å²) in [6.07, 6.45) is 2.02. The van der Waals surface area contributed by atoms with Crippen molar-refractivity contribution >= 4 is 17.5 Å². The number of allylic oxidation sites excluding steroid dienone is 1. The zero-order valence-corrected chi connectivity index (χ0v) is 13.6. The van der Waals surface area contributed by atoms with Crippen molar-refractivity contribution in [3.63, 3.8) is 0 Å². The number of benzene rings is 2. The third-order valence-electron chi connectivity index (χ3n) is 3.44. The molecule has 2 rings (SSSR count). The number of rotatable bonds is 6. The first-order valence-electron chi connectivity index (χ1n) is 7.30. The Labute approximate surface area is 136 Å². The van der Waals surface area contributed by atoms with Crippen LogP contribution in [0.1, 0.15) is 36.5 Å². The molecule has 0 N–H and O–H groups in total. The van der Waals surface area contributed by atoms with Gasteiger partial charge in [-0.3, -0.25) is 0 Å². The van der Waals surface area contributed by atoms with E-state index in [1.54, 1.807) is 5.94 Å². The number of hydrogen-bond donors (Lipinski definition) is 0. The predicted molar refractivity (Wildman–Crippen MR) is 90.3 cm³/mol. The predicted octanol–water partition coefficient (Wildman–Crippen LogP) is 4.97. The lowest BCUT2D eigenvalue weighted by Gasteiger charge is -2.13. The van der Waals surface area contributed by atoms with Gasteiger partial charge in [0.25, 0.3) is 0 Å². The smallest absolute Gasteiger partial charge is 0.120 e. The Kier molecular flexibility index (Phi) is 5.83. The normalized spacial score (nSPS) is 10.4. The van der Waals surface area contributed by atoms with E-state index < -0.39 is 0 Å². The first-order chi connectivity index (χ1) is 10.6. The number of halogens is 1. The second kappa shape index (κ2) is 7.84. The van der Waals surface area contributed by atoms with Crippen LogP contribution in [0.25, 0.3) is 0 Å². The molecule has 0 radical (unpaired) electrons. The molecule has 0 saturated heterocycles. The van der Waals surface area contributed by atoms with Crippen molar-refractivity contribution in [1.82, 2.24) is 0 Å². The molecule has 0 amide bonds. The maximum Gasteiger partial charge on any atom is 0.120 e. The molecule has 0 unspecified atom stereocenters. The highest BCUT2D eigenvalue weighted by Gasteiger charge is 2.09. The lowest BCUT2D eigenvalue weighted by molar-refractivity contribution is 0.306. The van der Waals surface area contributed by atoms with Crippen molar-refractivity contribution in [2.24, 2.45) is 0 Å². The van der Waals surface area contributed by atoms with Gasteiger partial charge >= 0.3 is 0 Å². The van der Waals surface area contributed by atoms with Crippen molar-refractivity contribution in [2.75, 3.05) is 0 Å². The molecule has 2 aromatic carbocycles. The summed E-state index contributed by atoms with van der Waals surface area (Å²) in [7, 11) is 0. The number of ether oxygens (including phenoxy) is 1. The maximum absolute atomic E-state index is 10.3. The largest absolute Gasteiger partial charge is 0.489 e. The molecule has 0 atom stereocenters. The van der Waals surface area contributed by atoms with Gasteiger partial charge in [0.15, 0.2) is 0 Å². The Morgan fingerprint density at radius 3 is 2.73 bits per heavy atom. The van der Waals surface area contributed by atoms with Gasteiger partial charge in [0, 0.05) is 18.1 Å². The SMILES string of the molecule is CC(C)c1cccc(COc2cccc(CC=C=O)c2)c1Cl. The lowest BCUT2D eigenvalue weighted by Crippen LogP contribution is -1.99. The van der Waals surface area contributed by atoms with Crippen molar-refractivity contribution in [1.29, 1.82) is 0 Å². The third kappa shape index (κ3) is 4.24. The monoisotopic (exact) mass is 314 g/mol. The highest BCUT2D eigenvalue weighted by Crippen LogP contribution is 2.28. The molecular weight excluding hydrogens is 296 g/mol. The van der Waals surface area contributed by atoms with Gasteiger partial charge in [0.05, 0.1) is 5.02 Å². The molecular formula is C19H19ClO2. The first-order valence-corrected chi connectivity index (χ1v) is 7.68. The average molecular weight is 315 g/mol. The van der Waals surface area contributed by atoms with E-state index in [0.717, 1.165) is 27.5 Å². The minimum atomic E-state index is 0.380. The molecule has 0 aliphatic carbocycles. The van der Waals surface area contributed by atoms with Crippen LogP contribution in [-0.2, 0) is 17.8 Å². The van der Waals surface area contributed by atoms with Crippen LogP contribution < -0.4 is 4.74 Å². The van der Waals surface area contributed by atoms with Crippen LogP contribution in [0.3, 0.4) is 0 Å². The first kappa shape index (κ1) is 16.4. The van der Waals surface area contributed by atoms with Crippen molar-refractivity contribution < 1.29 is 9.53 Å². The van der Waals surface area contributed by atoms with E-state index in [1.807, 2.05) is 42.5 Å². The van der Waals surface area contributed by atoms with Gasteiger partial charge in [-0.05, 0) is 29.2 Å². The minimum absolute atomic E-state index is 0.380. The molecule has 0 saturated carbocycles. The fourth-order valence-corrected chi connectivity index (χ4v) is 2.64. The summed E-state index contributed by atoms with van der Waals surface area (Å²) >= 11 is 6.44. The standard InChI is InChI=1S/C19H19ClO2/c1-14(2)18-10-4-8-16(19(18)20)13-22-17-9-3-6-15(12-17)7-5-11-21/h3-6,8-10,12,14H,7,13H2,1-2H3. The summed E-state index contributed by atoms with van der Waals surface area (Å²) in [6, 6.07) is 13.7. The fraction of sp³-hybridized carbons (Fsp3) is 0.263. The summed E-state index contributed by atoms with van der Waals surface area (Å²) in [5.74, 6) is 2.93. The van der Waals surface area contributed by atoms with Crippen LogP contribution >= 0.6 is 11.6 Å². The molecule has 0 spiro atoms. The Morgan fingerprint density at radius 1 is 1.23 bits per heavy atom. The van der Waals surface area contributed by atoms with E-state index in [0.29, 0.717) is 18.9 Å². The molecule has 0 aliphatic heterocycles. The maximum atomic E-state index is 10.3. The quantitative estimate of drug-likeness (QED) is 0.703. The minimum Gasteiger partial charge on any atom is -0.489 e. The third-order valence-corrected chi connectivity index (χ3v) is 3.91. The van der Waals surface area contributed by atoms with E-state index in [4.69, 9.17) is 16.3 Å². The van der Waals surface area contributed by atoms with Gasteiger partial charge in [-0.15, -0.1) is 0 Å². The van der Waals surface area contributed by atoms with Gasteiger partial charge in [0.1, 0.15) is 18.3 Å². The van der Waals surface area contributed by atoms with Gasteiger partial charge in [-0.1, -0.05) is 55.8 Å². The molecule has 0 bridgehead atoms. The Hall–Kier alpha value is -2.02. The van der Waals surface area contributed by atoms with Gasteiger partial charge in [-0.25, -0.2) is 4.79 Å². The summed E-state index contributed by atoms with van der Waals surface area (Å²) < 4.78 is 5.83. The van der Waals surface area contributed by atoms with Crippen LogP contribution in [0.4, 0.5) is 0 Å². The van der Waals surface area contributed by atoms with Crippen LogP contribution in [0.15, 0.2) is 48.5 Å². The Balaban J connectivity index is 2.10. The summed E-state index contributed by atoms with van der Waals surface area (Å²) in [5.41, 5.74) is 3.13. The second-order valence-corrected chi connectivity index (χ2v) is 5.82. The second-order valence-electron chi connectivity index (χ2n) is 5.44. The summed E-state index contributed by atoms with van der Waals surface area (Å²) in [4.78, 5) is 10.3. The molecule has 3 heteroatoms. The molecule has 0 aromatic heterocycles. The number of hydrogen-bond acceptors (Lipinski definition) is 2. The van der Waals surface area contributed by atoms with Crippen LogP contribution in [0, 0.1) is 0 Å². The highest BCUT2D eigenvalue weighted by atomic mass is 35.5.